The first-order valence-electron chi connectivity index (χ1n) is 5.76. The monoisotopic (exact) mass is 217 g/mol. The second-order valence-electron chi connectivity index (χ2n) is 4.80. The van der Waals surface area contributed by atoms with Gasteiger partial charge in [-0.1, -0.05) is 13.8 Å². The molecule has 0 spiro atoms. The number of aryl methyl sites for hydroxylation is 4. The number of hydrogen-bond acceptors (Lipinski definition) is 2. The summed E-state index contributed by atoms with van der Waals surface area (Å²) in [5.74, 6) is 0.488. The molecule has 0 aliphatic heterocycles. The lowest BCUT2D eigenvalue weighted by atomic mass is 10.0. The van der Waals surface area contributed by atoms with Crippen LogP contribution in [0, 0.1) is 27.7 Å². The van der Waals surface area contributed by atoms with Gasteiger partial charge in [-0.25, -0.2) is 9.50 Å². The highest BCUT2D eigenvalue weighted by atomic mass is 15.3. The lowest BCUT2D eigenvalue weighted by molar-refractivity contribution is 0.775. The fraction of sp³-hybridized carbons (Fsp3) is 0.538. The molecule has 0 amide bonds. The molecule has 16 heavy (non-hydrogen) atoms. The second-order valence-corrected chi connectivity index (χ2v) is 4.80. The lowest BCUT2D eigenvalue weighted by Gasteiger charge is -2.13. The molecular weight excluding hydrogens is 198 g/mol. The van der Waals surface area contributed by atoms with Gasteiger partial charge in [-0.15, -0.1) is 0 Å². The Labute approximate surface area is 96.5 Å². The smallest absolute Gasteiger partial charge is 0.158 e. The van der Waals surface area contributed by atoms with E-state index in [-0.39, 0.29) is 0 Å². The van der Waals surface area contributed by atoms with Crippen LogP contribution in [0.4, 0.5) is 0 Å². The summed E-state index contributed by atoms with van der Waals surface area (Å²) in [7, 11) is 0. The summed E-state index contributed by atoms with van der Waals surface area (Å²) in [6.45, 7) is 12.7. The van der Waals surface area contributed by atoms with E-state index in [0.29, 0.717) is 5.92 Å². The van der Waals surface area contributed by atoms with Crippen LogP contribution in [0.1, 0.15) is 48.0 Å². The molecule has 0 atom stereocenters. The Morgan fingerprint density at radius 3 is 2.19 bits per heavy atom. The van der Waals surface area contributed by atoms with Gasteiger partial charge in [0, 0.05) is 17.0 Å². The first-order chi connectivity index (χ1) is 7.43. The van der Waals surface area contributed by atoms with E-state index in [2.05, 4.69) is 44.7 Å². The van der Waals surface area contributed by atoms with Gasteiger partial charge in [0.1, 0.15) is 0 Å². The van der Waals surface area contributed by atoms with E-state index in [1.54, 1.807) is 0 Å². The quantitative estimate of drug-likeness (QED) is 0.734. The van der Waals surface area contributed by atoms with E-state index < -0.39 is 0 Å². The predicted octanol–water partition coefficient (Wildman–Crippen LogP) is 3.09. The molecule has 0 saturated heterocycles. The first-order valence-corrected chi connectivity index (χ1v) is 5.76. The van der Waals surface area contributed by atoms with Crippen LogP contribution in [-0.2, 0) is 0 Å². The Morgan fingerprint density at radius 1 is 1.00 bits per heavy atom. The van der Waals surface area contributed by atoms with Crippen molar-refractivity contribution in [2.75, 3.05) is 0 Å². The maximum absolute atomic E-state index is 4.68. The van der Waals surface area contributed by atoms with E-state index in [9.17, 15) is 0 Å². The Kier molecular flexibility index (Phi) is 2.49. The van der Waals surface area contributed by atoms with Crippen molar-refractivity contribution in [3.05, 3.63) is 28.2 Å². The number of hydrogen-bond donors (Lipinski definition) is 0. The van der Waals surface area contributed by atoms with Gasteiger partial charge in [0.25, 0.3) is 0 Å². The van der Waals surface area contributed by atoms with E-state index >= 15 is 0 Å². The molecule has 2 aromatic heterocycles. The molecule has 2 rings (SSSR count). The van der Waals surface area contributed by atoms with Crippen LogP contribution >= 0.6 is 0 Å². The van der Waals surface area contributed by atoms with Crippen molar-refractivity contribution >= 4 is 5.65 Å². The van der Waals surface area contributed by atoms with Crippen LogP contribution in [0.15, 0.2) is 0 Å². The molecule has 0 saturated carbocycles. The Hall–Kier alpha value is -1.38. The van der Waals surface area contributed by atoms with E-state index in [1.165, 1.54) is 16.8 Å². The van der Waals surface area contributed by atoms with Crippen molar-refractivity contribution in [2.45, 2.75) is 47.5 Å². The summed E-state index contributed by atoms with van der Waals surface area (Å²) in [5.41, 5.74) is 6.90. The highest BCUT2D eigenvalue weighted by molar-refractivity contribution is 5.52. The summed E-state index contributed by atoms with van der Waals surface area (Å²) >= 11 is 0. The van der Waals surface area contributed by atoms with Gasteiger partial charge in [0.05, 0.1) is 5.69 Å². The molecule has 0 aromatic carbocycles. The first kappa shape index (κ1) is 11.1. The van der Waals surface area contributed by atoms with Crippen molar-refractivity contribution < 1.29 is 0 Å². The lowest BCUT2D eigenvalue weighted by Crippen LogP contribution is -2.06. The van der Waals surface area contributed by atoms with Crippen molar-refractivity contribution in [3.63, 3.8) is 0 Å². The molecule has 0 N–H and O–H groups in total. The average Bonchev–Trinajstić information content (AvgIpc) is 2.45. The molecule has 0 aliphatic carbocycles. The second kappa shape index (κ2) is 3.58. The van der Waals surface area contributed by atoms with Crippen LogP contribution in [0.25, 0.3) is 5.65 Å². The molecule has 3 heteroatoms. The minimum atomic E-state index is 0.488. The molecule has 86 valence electrons. The molecule has 0 aliphatic rings. The minimum Gasteiger partial charge on any atom is -0.233 e. The zero-order valence-electron chi connectivity index (χ0n) is 10.9. The van der Waals surface area contributed by atoms with Gasteiger partial charge >= 0.3 is 0 Å². The van der Waals surface area contributed by atoms with Gasteiger partial charge in [-0.3, -0.25) is 0 Å². The molecule has 0 radical (unpaired) electrons. The maximum Gasteiger partial charge on any atom is 0.158 e. The Balaban J connectivity index is 2.89. The standard InChI is InChI=1S/C13H19N3/c1-7(2)12-10(5)14-13-8(3)9(4)15-16(13)11(12)6/h7H,1-6H3. The number of fused-ring (bicyclic) bond motifs is 1. The summed E-state index contributed by atoms with van der Waals surface area (Å²) < 4.78 is 1.98. The van der Waals surface area contributed by atoms with Gasteiger partial charge < -0.3 is 0 Å². The molecule has 0 unspecified atom stereocenters. The fourth-order valence-electron chi connectivity index (χ4n) is 2.39. The normalized spacial score (nSPS) is 11.7. The Bertz CT molecular complexity index is 550. The van der Waals surface area contributed by atoms with Gasteiger partial charge in [0.2, 0.25) is 0 Å². The third-order valence-corrected chi connectivity index (χ3v) is 3.28. The topological polar surface area (TPSA) is 30.2 Å². The summed E-state index contributed by atoms with van der Waals surface area (Å²) in [5, 5.41) is 4.55. The van der Waals surface area contributed by atoms with Crippen molar-refractivity contribution in [1.82, 2.24) is 14.6 Å². The minimum absolute atomic E-state index is 0.488. The van der Waals surface area contributed by atoms with Crippen LogP contribution < -0.4 is 0 Å². The number of rotatable bonds is 1. The average molecular weight is 217 g/mol. The Morgan fingerprint density at radius 2 is 1.62 bits per heavy atom. The van der Waals surface area contributed by atoms with Gasteiger partial charge in [-0.2, -0.15) is 5.10 Å². The van der Waals surface area contributed by atoms with Crippen molar-refractivity contribution in [3.8, 4) is 0 Å². The predicted molar refractivity (Wildman–Crippen MR) is 66.0 cm³/mol. The van der Waals surface area contributed by atoms with E-state index in [1.807, 2.05) is 11.4 Å². The number of aromatic nitrogens is 3. The maximum atomic E-state index is 4.68. The van der Waals surface area contributed by atoms with Crippen LogP contribution in [-0.4, -0.2) is 14.6 Å². The molecule has 0 fully saturated rings. The third-order valence-electron chi connectivity index (χ3n) is 3.28. The zero-order chi connectivity index (χ0) is 12.0. The third kappa shape index (κ3) is 1.42. The SMILES string of the molecule is Cc1nc2c(C)c(C)nn2c(C)c1C(C)C. The number of nitrogens with zero attached hydrogens (tertiary/aromatic N) is 3. The zero-order valence-corrected chi connectivity index (χ0v) is 10.9. The fourth-order valence-corrected chi connectivity index (χ4v) is 2.39. The molecule has 2 heterocycles. The van der Waals surface area contributed by atoms with E-state index in [0.717, 1.165) is 17.0 Å². The highest BCUT2D eigenvalue weighted by Gasteiger charge is 2.15. The summed E-state index contributed by atoms with van der Waals surface area (Å²) in [6.07, 6.45) is 0. The van der Waals surface area contributed by atoms with Crippen LogP contribution in [0.3, 0.4) is 0 Å². The van der Waals surface area contributed by atoms with E-state index in [4.69, 9.17) is 0 Å². The van der Waals surface area contributed by atoms with Crippen LogP contribution in [0.2, 0.25) is 0 Å². The summed E-state index contributed by atoms with van der Waals surface area (Å²) in [4.78, 5) is 4.68. The van der Waals surface area contributed by atoms with Crippen LogP contribution in [0.5, 0.6) is 0 Å². The van der Waals surface area contributed by atoms with Crippen molar-refractivity contribution in [2.24, 2.45) is 0 Å². The largest absolute Gasteiger partial charge is 0.233 e. The molecule has 3 nitrogen and oxygen atoms in total. The van der Waals surface area contributed by atoms with Gasteiger partial charge in [0.15, 0.2) is 5.65 Å². The highest BCUT2D eigenvalue weighted by Crippen LogP contribution is 2.24. The van der Waals surface area contributed by atoms with Gasteiger partial charge in [-0.05, 0) is 39.2 Å². The van der Waals surface area contributed by atoms with Crippen molar-refractivity contribution in [1.29, 1.82) is 0 Å². The summed E-state index contributed by atoms with van der Waals surface area (Å²) in [6, 6.07) is 0. The molecule has 2 aromatic rings. The molecular formula is C13H19N3. The molecule has 0 bridgehead atoms.